The van der Waals surface area contributed by atoms with Gasteiger partial charge in [-0.3, -0.25) is 0 Å². The average molecular weight is 518 g/mol. The van der Waals surface area contributed by atoms with Crippen LogP contribution in [-0.2, 0) is 5.41 Å². The molecule has 2 heterocycles. The van der Waals surface area contributed by atoms with Crippen molar-refractivity contribution in [2.75, 3.05) is 7.11 Å². The second-order valence-electron chi connectivity index (χ2n) is 11.3. The first-order valence-corrected chi connectivity index (χ1v) is 13.3. The smallest absolute Gasteiger partial charge is 0.136 e. The van der Waals surface area contributed by atoms with Crippen molar-refractivity contribution in [1.82, 2.24) is 4.57 Å². The maximum absolute atomic E-state index is 6.91. The van der Waals surface area contributed by atoms with Gasteiger partial charge in [-0.25, -0.2) is 0 Å². The Hall–Kier alpha value is -3.95. The Morgan fingerprint density at radius 2 is 1.58 bits per heavy atom. The molecule has 4 heteroatoms. The summed E-state index contributed by atoms with van der Waals surface area (Å²) in [4.78, 5) is 0. The van der Waals surface area contributed by atoms with Crippen molar-refractivity contribution in [2.24, 2.45) is 0 Å². The van der Waals surface area contributed by atoms with Crippen LogP contribution in [0.3, 0.4) is 0 Å². The van der Waals surface area contributed by atoms with E-state index in [2.05, 4.69) is 99.0 Å². The Labute approximate surface area is 226 Å². The highest BCUT2D eigenvalue weighted by atomic mass is 35.5. The average Bonchev–Trinajstić information content (AvgIpc) is 3.42. The predicted octanol–water partition coefficient (Wildman–Crippen LogP) is 10.1. The van der Waals surface area contributed by atoms with E-state index in [-0.39, 0.29) is 5.41 Å². The molecule has 7 aromatic rings. The first-order chi connectivity index (χ1) is 18.2. The maximum Gasteiger partial charge on any atom is 0.136 e. The highest BCUT2D eigenvalue weighted by molar-refractivity contribution is 6.37. The summed E-state index contributed by atoms with van der Waals surface area (Å²) in [5.74, 6) is 0.819. The minimum Gasteiger partial charge on any atom is -0.496 e. The highest BCUT2D eigenvalue weighted by Crippen LogP contribution is 2.43. The topological polar surface area (TPSA) is 27.3 Å². The van der Waals surface area contributed by atoms with Gasteiger partial charge in [-0.2, -0.15) is 0 Å². The minimum absolute atomic E-state index is 0.0217. The van der Waals surface area contributed by atoms with Gasteiger partial charge in [-0.15, -0.1) is 0 Å². The second kappa shape index (κ2) is 8.02. The van der Waals surface area contributed by atoms with Gasteiger partial charge in [0.15, 0.2) is 0 Å². The van der Waals surface area contributed by atoms with Crippen molar-refractivity contribution in [3.05, 3.63) is 95.0 Å². The zero-order valence-corrected chi connectivity index (χ0v) is 22.9. The van der Waals surface area contributed by atoms with Gasteiger partial charge in [0, 0.05) is 21.8 Å². The van der Waals surface area contributed by atoms with Crippen molar-refractivity contribution in [3.63, 3.8) is 0 Å². The quantitative estimate of drug-likeness (QED) is 0.228. The third-order valence-electron chi connectivity index (χ3n) is 7.73. The van der Waals surface area contributed by atoms with Crippen LogP contribution in [-0.4, -0.2) is 11.7 Å². The minimum atomic E-state index is 0.0217. The molecule has 0 radical (unpaired) electrons. The van der Waals surface area contributed by atoms with Crippen LogP contribution in [0.4, 0.5) is 0 Å². The molecule has 0 spiro atoms. The second-order valence-corrected chi connectivity index (χ2v) is 11.7. The molecule has 0 atom stereocenters. The van der Waals surface area contributed by atoms with Crippen LogP contribution in [0.15, 0.2) is 83.3 Å². The summed E-state index contributed by atoms with van der Waals surface area (Å²) in [5, 5.41) is 7.43. The molecular formula is C34H28ClNO2. The summed E-state index contributed by atoms with van der Waals surface area (Å²) in [7, 11) is 1.72. The van der Waals surface area contributed by atoms with Crippen molar-refractivity contribution < 1.29 is 9.15 Å². The van der Waals surface area contributed by atoms with Crippen LogP contribution in [0.25, 0.3) is 60.2 Å². The standard InChI is InChI=1S/C34H28ClNO2/c1-19-6-10-24-25-16-20-7-9-23(15-21(20)17-31(25)38-30(24)14-19)36-28-12-8-22(34(2,3)4)18-26(28)32-29(37-5)13-11-27(35)33(32)36/h6-18H,1-5H3. The van der Waals surface area contributed by atoms with Crippen molar-refractivity contribution in [2.45, 2.75) is 33.1 Å². The lowest BCUT2D eigenvalue weighted by atomic mass is 9.86. The van der Waals surface area contributed by atoms with Gasteiger partial charge in [0.25, 0.3) is 0 Å². The van der Waals surface area contributed by atoms with Crippen LogP contribution in [0, 0.1) is 6.92 Å². The van der Waals surface area contributed by atoms with Gasteiger partial charge in [-0.05, 0) is 88.8 Å². The first kappa shape index (κ1) is 23.2. The van der Waals surface area contributed by atoms with Crippen molar-refractivity contribution in [3.8, 4) is 11.4 Å². The fourth-order valence-electron chi connectivity index (χ4n) is 5.74. The van der Waals surface area contributed by atoms with E-state index in [1.807, 2.05) is 12.1 Å². The lowest BCUT2D eigenvalue weighted by Crippen LogP contribution is -2.10. The highest BCUT2D eigenvalue weighted by Gasteiger charge is 2.22. The Kier molecular flexibility index (Phi) is 4.90. The molecular weight excluding hydrogens is 490 g/mol. The van der Waals surface area contributed by atoms with E-state index in [0.29, 0.717) is 5.02 Å². The van der Waals surface area contributed by atoms with Crippen LogP contribution in [0.5, 0.6) is 5.75 Å². The van der Waals surface area contributed by atoms with E-state index in [9.17, 15) is 0 Å². The largest absolute Gasteiger partial charge is 0.496 e. The number of rotatable bonds is 2. The number of methoxy groups -OCH3 is 1. The zero-order chi connectivity index (χ0) is 26.3. The summed E-state index contributed by atoms with van der Waals surface area (Å²) in [6.45, 7) is 8.80. The first-order valence-electron chi connectivity index (χ1n) is 12.9. The molecule has 0 fully saturated rings. The summed E-state index contributed by atoms with van der Waals surface area (Å²) in [5.41, 5.74) is 7.39. The SMILES string of the molecule is COc1ccc(Cl)c2c1c1cc(C(C)(C)C)ccc1n2-c1ccc2cc3c(cc2c1)oc1cc(C)ccc13. The molecule has 0 aliphatic heterocycles. The number of halogens is 1. The molecule has 2 aromatic heterocycles. The molecule has 5 aromatic carbocycles. The normalized spacial score (nSPS) is 12.5. The summed E-state index contributed by atoms with van der Waals surface area (Å²) >= 11 is 6.91. The predicted molar refractivity (Wildman–Crippen MR) is 161 cm³/mol. The Morgan fingerprint density at radius 3 is 2.37 bits per heavy atom. The molecule has 0 N–H and O–H groups in total. The van der Waals surface area contributed by atoms with Gasteiger partial charge in [-0.1, -0.05) is 56.6 Å². The van der Waals surface area contributed by atoms with Gasteiger partial charge < -0.3 is 13.7 Å². The van der Waals surface area contributed by atoms with Gasteiger partial charge >= 0.3 is 0 Å². The van der Waals surface area contributed by atoms with E-state index < -0.39 is 0 Å². The number of ether oxygens (including phenoxy) is 1. The lowest BCUT2D eigenvalue weighted by molar-refractivity contribution is 0.420. The number of aryl methyl sites for hydroxylation is 1. The van der Waals surface area contributed by atoms with E-state index in [1.54, 1.807) is 7.11 Å². The molecule has 0 saturated carbocycles. The molecule has 0 bridgehead atoms. The van der Waals surface area contributed by atoms with Crippen LogP contribution < -0.4 is 4.74 Å². The van der Waals surface area contributed by atoms with Gasteiger partial charge in [0.1, 0.15) is 16.9 Å². The third-order valence-corrected chi connectivity index (χ3v) is 8.04. The van der Waals surface area contributed by atoms with Crippen LogP contribution >= 0.6 is 11.6 Å². The maximum atomic E-state index is 6.91. The van der Waals surface area contributed by atoms with Crippen molar-refractivity contribution >= 4 is 66.1 Å². The van der Waals surface area contributed by atoms with E-state index in [4.69, 9.17) is 20.8 Å². The molecule has 0 aliphatic carbocycles. The summed E-state index contributed by atoms with van der Waals surface area (Å²) < 4.78 is 14.4. The third kappa shape index (κ3) is 3.35. The van der Waals surface area contributed by atoms with Crippen LogP contribution in [0.1, 0.15) is 31.9 Å². The Balaban J connectivity index is 1.54. The Morgan fingerprint density at radius 1 is 0.763 bits per heavy atom. The number of hydrogen-bond acceptors (Lipinski definition) is 2. The number of hydrogen-bond donors (Lipinski definition) is 0. The number of nitrogens with zero attached hydrogens (tertiary/aromatic N) is 1. The lowest BCUT2D eigenvalue weighted by Gasteiger charge is -2.19. The number of fused-ring (bicyclic) bond motifs is 7. The van der Waals surface area contributed by atoms with E-state index in [0.717, 1.165) is 60.6 Å². The Bertz CT molecular complexity index is 2070. The zero-order valence-electron chi connectivity index (χ0n) is 22.1. The molecule has 7 rings (SSSR count). The number of aromatic nitrogens is 1. The molecule has 188 valence electrons. The number of benzene rings is 5. The molecule has 38 heavy (non-hydrogen) atoms. The van der Waals surface area contributed by atoms with Gasteiger partial charge in [0.05, 0.1) is 28.6 Å². The fraction of sp³-hybridized carbons (Fsp3) is 0.176. The summed E-state index contributed by atoms with van der Waals surface area (Å²) in [6.07, 6.45) is 0. The molecule has 3 nitrogen and oxygen atoms in total. The molecule has 0 amide bonds. The van der Waals surface area contributed by atoms with E-state index in [1.165, 1.54) is 16.5 Å². The summed E-state index contributed by atoms with van der Waals surface area (Å²) in [6, 6.07) is 27.9. The fourth-order valence-corrected chi connectivity index (χ4v) is 5.98. The van der Waals surface area contributed by atoms with E-state index >= 15 is 0 Å². The molecule has 0 unspecified atom stereocenters. The molecule has 0 aliphatic rings. The van der Waals surface area contributed by atoms with Crippen molar-refractivity contribution in [1.29, 1.82) is 0 Å². The van der Waals surface area contributed by atoms with Gasteiger partial charge in [0.2, 0.25) is 0 Å². The monoisotopic (exact) mass is 517 g/mol. The molecule has 0 saturated heterocycles. The number of furan rings is 1. The van der Waals surface area contributed by atoms with Crippen LogP contribution in [0.2, 0.25) is 5.02 Å².